The van der Waals surface area contributed by atoms with E-state index in [-0.39, 0.29) is 30.9 Å². The van der Waals surface area contributed by atoms with Crippen LogP contribution in [0.15, 0.2) is 24.3 Å². The summed E-state index contributed by atoms with van der Waals surface area (Å²) in [5, 5.41) is 3.24. The van der Waals surface area contributed by atoms with Crippen molar-refractivity contribution < 1.29 is 9.59 Å². The zero-order chi connectivity index (χ0) is 17.1. The minimum absolute atomic E-state index is 0.0584. The van der Waals surface area contributed by atoms with Gasteiger partial charge in [0, 0.05) is 37.9 Å². The molecular weight excluding hydrogens is 304 g/mol. The lowest BCUT2D eigenvalue weighted by Crippen LogP contribution is -2.50. The van der Waals surface area contributed by atoms with Gasteiger partial charge in [-0.1, -0.05) is 18.2 Å². The van der Waals surface area contributed by atoms with Crippen molar-refractivity contribution in [2.24, 2.45) is 0 Å². The predicted octanol–water partition coefficient (Wildman–Crippen LogP) is 0.328. The van der Waals surface area contributed by atoms with Gasteiger partial charge in [0.15, 0.2) is 0 Å². The van der Waals surface area contributed by atoms with Gasteiger partial charge in [-0.2, -0.15) is 0 Å². The molecule has 0 spiro atoms. The molecule has 0 aromatic heterocycles. The summed E-state index contributed by atoms with van der Waals surface area (Å²) in [6.07, 6.45) is 0.894. The van der Waals surface area contributed by atoms with Crippen molar-refractivity contribution in [2.75, 3.05) is 51.2 Å². The molecule has 1 aromatic carbocycles. The average Bonchev–Trinajstić information content (AvgIpc) is 2.91. The van der Waals surface area contributed by atoms with Crippen molar-refractivity contribution in [1.82, 2.24) is 15.1 Å². The lowest BCUT2D eigenvalue weighted by atomic mass is 10.1. The van der Waals surface area contributed by atoms with Gasteiger partial charge >= 0.3 is 0 Å². The van der Waals surface area contributed by atoms with E-state index in [9.17, 15) is 9.59 Å². The van der Waals surface area contributed by atoms with Crippen molar-refractivity contribution >= 4 is 17.5 Å². The third-order valence-electron chi connectivity index (χ3n) is 4.76. The third kappa shape index (κ3) is 3.60. The Bertz CT molecular complexity index is 613. The van der Waals surface area contributed by atoms with E-state index in [0.29, 0.717) is 0 Å². The highest BCUT2D eigenvalue weighted by atomic mass is 16.2. The first kappa shape index (κ1) is 16.9. The highest BCUT2D eigenvalue weighted by molar-refractivity contribution is 5.97. The molecule has 1 unspecified atom stereocenters. The van der Waals surface area contributed by atoms with Crippen LogP contribution in [0, 0.1) is 0 Å². The number of nitrogens with zero attached hydrogens (tertiary/aromatic N) is 3. The van der Waals surface area contributed by atoms with E-state index >= 15 is 0 Å². The lowest BCUT2D eigenvalue weighted by molar-refractivity contribution is -0.133. The summed E-state index contributed by atoms with van der Waals surface area (Å²) in [6.45, 7) is 5.80. The second-order valence-corrected chi connectivity index (χ2v) is 6.75. The number of hydrogen-bond acceptors (Lipinski definition) is 4. The van der Waals surface area contributed by atoms with Crippen LogP contribution in [-0.2, 0) is 16.0 Å². The molecule has 2 heterocycles. The Labute approximate surface area is 143 Å². The van der Waals surface area contributed by atoms with Crippen molar-refractivity contribution in [3.8, 4) is 0 Å². The predicted molar refractivity (Wildman–Crippen MR) is 94.0 cm³/mol. The first-order chi connectivity index (χ1) is 11.6. The minimum atomic E-state index is 0.0584. The molecule has 0 aliphatic carbocycles. The van der Waals surface area contributed by atoms with E-state index < -0.39 is 0 Å². The maximum atomic E-state index is 12.7. The number of carbonyl (C=O) groups is 2. The highest BCUT2D eigenvalue weighted by Crippen LogP contribution is 2.31. The molecule has 2 aliphatic rings. The van der Waals surface area contributed by atoms with Crippen LogP contribution in [0.25, 0.3) is 0 Å². The van der Waals surface area contributed by atoms with Crippen molar-refractivity contribution in [2.45, 2.75) is 19.4 Å². The van der Waals surface area contributed by atoms with Crippen LogP contribution in [0.3, 0.4) is 0 Å². The number of benzene rings is 1. The zero-order valence-electron chi connectivity index (χ0n) is 14.5. The minimum Gasteiger partial charge on any atom is -0.339 e. The maximum absolute atomic E-state index is 12.7. The number of anilines is 1. The number of piperazine rings is 1. The molecule has 0 bridgehead atoms. The molecule has 1 aromatic rings. The van der Waals surface area contributed by atoms with Gasteiger partial charge in [0.25, 0.3) is 0 Å². The van der Waals surface area contributed by atoms with E-state index in [1.165, 1.54) is 5.56 Å². The Balaban J connectivity index is 1.57. The first-order valence-electron chi connectivity index (χ1n) is 8.63. The fourth-order valence-corrected chi connectivity index (χ4v) is 3.55. The SMILES string of the molecule is CC1Cc2ccccc2N1C(=O)CN(C)CC(=O)N1CCNCC1. The average molecular weight is 330 g/mol. The Morgan fingerprint density at radius 1 is 1.17 bits per heavy atom. The molecule has 6 heteroatoms. The number of hydrogen-bond donors (Lipinski definition) is 1. The van der Waals surface area contributed by atoms with Gasteiger partial charge in [-0.15, -0.1) is 0 Å². The molecule has 24 heavy (non-hydrogen) atoms. The molecule has 130 valence electrons. The maximum Gasteiger partial charge on any atom is 0.241 e. The molecule has 2 amide bonds. The second-order valence-electron chi connectivity index (χ2n) is 6.75. The summed E-state index contributed by atoms with van der Waals surface area (Å²) in [6, 6.07) is 8.23. The molecular formula is C18H26N4O2. The van der Waals surface area contributed by atoms with Crippen LogP contribution in [0.5, 0.6) is 0 Å². The summed E-state index contributed by atoms with van der Waals surface area (Å²) < 4.78 is 0. The lowest BCUT2D eigenvalue weighted by Gasteiger charge is -2.30. The normalized spacial score (nSPS) is 20.4. The van der Waals surface area contributed by atoms with Crippen LogP contribution < -0.4 is 10.2 Å². The van der Waals surface area contributed by atoms with Crippen molar-refractivity contribution in [3.63, 3.8) is 0 Å². The number of nitrogens with one attached hydrogen (secondary N) is 1. The molecule has 1 fully saturated rings. The summed E-state index contributed by atoms with van der Waals surface area (Å²) in [7, 11) is 1.84. The number of para-hydroxylation sites is 1. The van der Waals surface area contributed by atoms with E-state index in [1.807, 2.05) is 39.9 Å². The van der Waals surface area contributed by atoms with Crippen molar-refractivity contribution in [3.05, 3.63) is 29.8 Å². The van der Waals surface area contributed by atoms with Gasteiger partial charge in [0.1, 0.15) is 0 Å². The molecule has 0 radical (unpaired) electrons. The van der Waals surface area contributed by atoms with Gasteiger partial charge in [-0.05, 0) is 32.0 Å². The Kier molecular flexibility index (Phi) is 5.16. The van der Waals surface area contributed by atoms with Crippen LogP contribution in [0.4, 0.5) is 5.69 Å². The van der Waals surface area contributed by atoms with Gasteiger partial charge < -0.3 is 15.1 Å². The van der Waals surface area contributed by atoms with Gasteiger partial charge in [0.2, 0.25) is 11.8 Å². The van der Waals surface area contributed by atoms with Crippen LogP contribution in [0.2, 0.25) is 0 Å². The monoisotopic (exact) mass is 330 g/mol. The molecule has 6 nitrogen and oxygen atoms in total. The number of carbonyl (C=O) groups excluding carboxylic acids is 2. The smallest absolute Gasteiger partial charge is 0.241 e. The van der Waals surface area contributed by atoms with E-state index in [4.69, 9.17) is 0 Å². The van der Waals surface area contributed by atoms with E-state index in [0.717, 1.165) is 38.3 Å². The standard InChI is InChI=1S/C18H26N4O2/c1-14-11-15-5-3-4-6-16(15)22(14)18(24)13-20(2)12-17(23)21-9-7-19-8-10-21/h3-6,14,19H,7-13H2,1-2H3. The zero-order valence-corrected chi connectivity index (χ0v) is 14.5. The fraction of sp³-hybridized carbons (Fsp3) is 0.556. The number of fused-ring (bicyclic) bond motifs is 1. The molecule has 1 N–H and O–H groups in total. The van der Waals surface area contributed by atoms with E-state index in [1.54, 1.807) is 0 Å². The topological polar surface area (TPSA) is 55.9 Å². The summed E-state index contributed by atoms with van der Waals surface area (Å²) in [4.78, 5) is 30.6. The molecule has 1 saturated heterocycles. The second kappa shape index (κ2) is 7.32. The first-order valence-corrected chi connectivity index (χ1v) is 8.63. The summed E-state index contributed by atoms with van der Waals surface area (Å²) in [5.41, 5.74) is 2.23. The third-order valence-corrected chi connectivity index (χ3v) is 4.76. The number of likely N-dealkylation sites (N-methyl/N-ethyl adjacent to an activating group) is 1. The van der Waals surface area contributed by atoms with Crippen molar-refractivity contribution in [1.29, 1.82) is 0 Å². The Morgan fingerprint density at radius 3 is 2.58 bits per heavy atom. The molecule has 1 atom stereocenters. The largest absolute Gasteiger partial charge is 0.339 e. The van der Waals surface area contributed by atoms with Gasteiger partial charge in [-0.3, -0.25) is 14.5 Å². The Hall–Kier alpha value is -1.92. The molecule has 0 saturated carbocycles. The van der Waals surface area contributed by atoms with Crippen LogP contribution in [0.1, 0.15) is 12.5 Å². The summed E-state index contributed by atoms with van der Waals surface area (Å²) in [5.74, 6) is 0.157. The quantitative estimate of drug-likeness (QED) is 0.864. The molecule has 3 rings (SSSR count). The van der Waals surface area contributed by atoms with Gasteiger partial charge in [-0.25, -0.2) is 0 Å². The summed E-state index contributed by atoms with van der Waals surface area (Å²) >= 11 is 0. The fourth-order valence-electron chi connectivity index (χ4n) is 3.55. The highest BCUT2D eigenvalue weighted by Gasteiger charge is 2.31. The van der Waals surface area contributed by atoms with Gasteiger partial charge in [0.05, 0.1) is 13.1 Å². The van der Waals surface area contributed by atoms with Crippen LogP contribution in [-0.4, -0.2) is 74.0 Å². The molecule has 2 aliphatic heterocycles. The number of amides is 2. The Morgan fingerprint density at radius 2 is 1.83 bits per heavy atom. The van der Waals surface area contributed by atoms with Crippen LogP contribution >= 0.6 is 0 Å². The van der Waals surface area contributed by atoms with E-state index in [2.05, 4.69) is 18.3 Å². The number of rotatable bonds is 4.